The SMILES string of the molecule is Cc1ccc([C@]2(C)[C@]3(C#N)C(N)=[NH+]C4(OCCO4)[C@@]32C#N)cc1. The molecule has 3 aliphatic rings. The van der Waals surface area contributed by atoms with Gasteiger partial charge in [-0.25, -0.2) is 4.99 Å². The van der Waals surface area contributed by atoms with Crippen molar-refractivity contribution in [3.05, 3.63) is 35.4 Å². The molecule has 2 fully saturated rings. The molecule has 1 saturated carbocycles. The van der Waals surface area contributed by atoms with Crippen molar-refractivity contribution in [1.82, 2.24) is 0 Å². The van der Waals surface area contributed by atoms with Crippen molar-refractivity contribution < 1.29 is 14.5 Å². The molecule has 2 aliphatic heterocycles. The minimum absolute atomic E-state index is 0.242. The molecule has 1 spiro atoms. The molecular weight excluding hydrogens is 292 g/mol. The summed E-state index contributed by atoms with van der Waals surface area (Å²) < 4.78 is 11.6. The highest BCUT2D eigenvalue weighted by atomic mass is 16.8. The Kier molecular flexibility index (Phi) is 2.42. The number of aryl methyl sites for hydroxylation is 1. The number of amidine groups is 1. The van der Waals surface area contributed by atoms with Crippen molar-refractivity contribution >= 4 is 5.84 Å². The summed E-state index contributed by atoms with van der Waals surface area (Å²) in [6.07, 6.45) is 0. The Morgan fingerprint density at radius 2 is 1.74 bits per heavy atom. The highest BCUT2D eigenvalue weighted by molar-refractivity contribution is 5.97. The summed E-state index contributed by atoms with van der Waals surface area (Å²) in [5.41, 5.74) is 4.97. The molecule has 1 aromatic rings. The van der Waals surface area contributed by atoms with Crippen LogP contribution in [0.2, 0.25) is 0 Å². The van der Waals surface area contributed by atoms with Gasteiger partial charge in [-0.3, -0.25) is 5.73 Å². The Morgan fingerprint density at radius 3 is 2.26 bits per heavy atom. The van der Waals surface area contributed by atoms with Crippen molar-refractivity contribution in [3.63, 3.8) is 0 Å². The van der Waals surface area contributed by atoms with E-state index in [-0.39, 0.29) is 5.84 Å². The second kappa shape index (κ2) is 3.91. The normalized spacial score (nSPS) is 39.4. The average Bonchev–Trinajstić information content (AvgIpc) is 2.83. The van der Waals surface area contributed by atoms with E-state index in [1.807, 2.05) is 38.1 Å². The number of fused-ring (bicyclic) bond motifs is 2. The third-order valence-corrected chi connectivity index (χ3v) is 5.86. The first-order valence-electron chi connectivity index (χ1n) is 7.54. The predicted octanol–water partition coefficient (Wildman–Crippen LogP) is -0.562. The molecule has 2 heterocycles. The van der Waals surface area contributed by atoms with E-state index in [9.17, 15) is 10.5 Å². The van der Waals surface area contributed by atoms with Crippen molar-refractivity contribution in [2.45, 2.75) is 25.2 Å². The molecule has 1 aromatic carbocycles. The van der Waals surface area contributed by atoms with Gasteiger partial charge in [0.1, 0.15) is 0 Å². The molecule has 1 aliphatic carbocycles. The van der Waals surface area contributed by atoms with Crippen molar-refractivity contribution in [2.24, 2.45) is 16.6 Å². The molecule has 1 saturated heterocycles. The molecule has 6 nitrogen and oxygen atoms in total. The number of nitrogens with two attached hydrogens (primary N) is 1. The number of nitrogens with one attached hydrogen (secondary N) is 1. The number of nitriles is 2. The van der Waals surface area contributed by atoms with Gasteiger partial charge in [0.05, 0.1) is 30.8 Å². The van der Waals surface area contributed by atoms with Crippen LogP contribution in [0.25, 0.3) is 0 Å². The number of benzene rings is 1. The average molecular weight is 309 g/mol. The molecule has 0 radical (unpaired) electrons. The van der Waals surface area contributed by atoms with Gasteiger partial charge in [-0.1, -0.05) is 36.8 Å². The molecule has 23 heavy (non-hydrogen) atoms. The van der Waals surface area contributed by atoms with Crippen LogP contribution in [0, 0.1) is 40.4 Å². The minimum atomic E-state index is -1.36. The lowest BCUT2D eigenvalue weighted by Gasteiger charge is -2.27. The lowest BCUT2D eigenvalue weighted by Crippen LogP contribution is -2.90. The van der Waals surface area contributed by atoms with Crippen LogP contribution in [0.3, 0.4) is 0 Å². The molecule has 116 valence electrons. The molecule has 3 N–H and O–H groups in total. The molecule has 0 aromatic heterocycles. The lowest BCUT2D eigenvalue weighted by molar-refractivity contribution is -0.677. The molecule has 0 unspecified atom stereocenters. The molecule has 4 rings (SSSR count). The van der Waals surface area contributed by atoms with Crippen molar-refractivity contribution in [2.75, 3.05) is 13.2 Å². The largest absolute Gasteiger partial charge is 0.343 e. The smallest absolute Gasteiger partial charge is 0.311 e. The fraction of sp³-hybridized carbons (Fsp3) is 0.471. The summed E-state index contributed by atoms with van der Waals surface area (Å²) in [4.78, 5) is 2.95. The maximum Gasteiger partial charge on any atom is 0.343 e. The fourth-order valence-electron chi connectivity index (χ4n) is 4.68. The van der Waals surface area contributed by atoms with E-state index in [0.29, 0.717) is 13.2 Å². The summed E-state index contributed by atoms with van der Waals surface area (Å²) in [5.74, 6) is -1.12. The van der Waals surface area contributed by atoms with Gasteiger partial charge in [-0.05, 0) is 12.5 Å². The van der Waals surface area contributed by atoms with E-state index in [0.717, 1.165) is 11.1 Å². The van der Waals surface area contributed by atoms with Crippen molar-refractivity contribution in [3.8, 4) is 12.1 Å². The maximum atomic E-state index is 10.1. The Labute approximate surface area is 134 Å². The van der Waals surface area contributed by atoms with Crippen LogP contribution in [0.15, 0.2) is 24.3 Å². The molecule has 3 atom stereocenters. The van der Waals surface area contributed by atoms with Crippen LogP contribution in [-0.4, -0.2) is 25.0 Å². The quantitative estimate of drug-likeness (QED) is 0.723. The maximum absolute atomic E-state index is 10.1. The van der Waals surface area contributed by atoms with E-state index in [2.05, 4.69) is 17.1 Å². The third kappa shape index (κ3) is 1.12. The highest BCUT2D eigenvalue weighted by Crippen LogP contribution is 2.82. The van der Waals surface area contributed by atoms with Crippen LogP contribution in [0.4, 0.5) is 0 Å². The Bertz CT molecular complexity index is 812. The van der Waals surface area contributed by atoms with Crippen molar-refractivity contribution in [1.29, 1.82) is 10.5 Å². The predicted molar refractivity (Wildman–Crippen MR) is 79.4 cm³/mol. The summed E-state index contributed by atoms with van der Waals surface area (Å²) in [5, 5.41) is 20.1. The second-order valence-corrected chi connectivity index (χ2v) is 6.57. The Morgan fingerprint density at radius 1 is 1.13 bits per heavy atom. The number of hydrogen-bond donors (Lipinski definition) is 2. The standard InChI is InChI=1S/C17H16N4O2/c1-11-3-5-12(6-4-11)14(2)15(9-18)13(20)21-17(16(14,15)10-19)22-7-8-23-17/h3-6H,7-8H2,1-2H3,(H2,20,21)/p+1/t14-,15+,16-/m1/s1. The first-order chi connectivity index (χ1) is 11.0. The van der Waals surface area contributed by atoms with Gasteiger partial charge in [-0.2, -0.15) is 10.5 Å². The summed E-state index contributed by atoms with van der Waals surface area (Å²) in [6.45, 7) is 4.60. The van der Waals surface area contributed by atoms with Gasteiger partial charge in [0.2, 0.25) is 0 Å². The fourth-order valence-corrected chi connectivity index (χ4v) is 4.68. The first-order valence-corrected chi connectivity index (χ1v) is 7.54. The molecule has 0 bridgehead atoms. The summed E-state index contributed by atoms with van der Waals surface area (Å²) >= 11 is 0. The second-order valence-electron chi connectivity index (χ2n) is 6.57. The lowest BCUT2D eigenvalue weighted by atomic mass is 9.84. The van der Waals surface area contributed by atoms with Crippen LogP contribution in [0.1, 0.15) is 18.1 Å². The first kappa shape index (κ1) is 14.2. The molecule has 6 heteroatoms. The van der Waals surface area contributed by atoms with Crippen LogP contribution in [0.5, 0.6) is 0 Å². The Hall–Kier alpha value is -2.41. The number of rotatable bonds is 1. The molecule has 0 amide bonds. The Balaban J connectivity index is 2.00. The van der Waals surface area contributed by atoms with E-state index in [1.54, 1.807) is 0 Å². The van der Waals surface area contributed by atoms with Crippen LogP contribution < -0.4 is 10.7 Å². The highest BCUT2D eigenvalue weighted by Gasteiger charge is 3.03. The monoisotopic (exact) mass is 309 g/mol. The molecular formula is C17H17N4O2+. The minimum Gasteiger partial charge on any atom is -0.311 e. The zero-order valence-corrected chi connectivity index (χ0v) is 13.0. The van der Waals surface area contributed by atoms with E-state index < -0.39 is 22.2 Å². The zero-order valence-electron chi connectivity index (χ0n) is 13.0. The van der Waals surface area contributed by atoms with Gasteiger partial charge < -0.3 is 9.47 Å². The zero-order chi connectivity index (χ0) is 16.5. The van der Waals surface area contributed by atoms with E-state index >= 15 is 0 Å². The van der Waals surface area contributed by atoms with Gasteiger partial charge in [0, 0.05) is 0 Å². The van der Waals surface area contributed by atoms with E-state index in [1.165, 1.54) is 0 Å². The number of ether oxygens (including phenoxy) is 2. The van der Waals surface area contributed by atoms with Gasteiger partial charge in [0.25, 0.3) is 5.84 Å². The third-order valence-electron chi connectivity index (χ3n) is 5.86. The summed E-state index contributed by atoms with van der Waals surface area (Å²) in [7, 11) is 0. The number of nitrogens with zero attached hydrogens (tertiary/aromatic N) is 2. The summed E-state index contributed by atoms with van der Waals surface area (Å²) in [6, 6.07) is 12.5. The van der Waals surface area contributed by atoms with Crippen LogP contribution in [-0.2, 0) is 14.9 Å². The van der Waals surface area contributed by atoms with Gasteiger partial charge >= 0.3 is 5.91 Å². The van der Waals surface area contributed by atoms with Crippen LogP contribution >= 0.6 is 0 Å². The van der Waals surface area contributed by atoms with E-state index in [4.69, 9.17) is 15.2 Å². The number of hydrogen-bond acceptors (Lipinski definition) is 5. The van der Waals surface area contributed by atoms with Gasteiger partial charge in [-0.15, -0.1) is 0 Å². The van der Waals surface area contributed by atoms with Gasteiger partial charge in [0.15, 0.2) is 10.8 Å². The topological polar surface area (TPSA) is 106 Å².